The second-order valence-corrected chi connectivity index (χ2v) is 10.7. The van der Waals surface area contributed by atoms with Gasteiger partial charge in [-0.25, -0.2) is 8.78 Å². The van der Waals surface area contributed by atoms with Gasteiger partial charge in [0, 0.05) is 44.0 Å². The van der Waals surface area contributed by atoms with Gasteiger partial charge in [-0.2, -0.15) is 0 Å². The van der Waals surface area contributed by atoms with Crippen LogP contribution in [0.4, 0.5) is 14.5 Å². The lowest BCUT2D eigenvalue weighted by Gasteiger charge is -2.26. The van der Waals surface area contributed by atoms with Crippen LogP contribution in [0.3, 0.4) is 0 Å². The SMILES string of the molecule is CCN[C@@H](Cc1cc(F)cc(F)c1)[C@H](O)CNCc1cc(CC(C)(C)C)ccc1N1CCCC1. The molecule has 188 valence electrons. The van der Waals surface area contributed by atoms with Gasteiger partial charge in [0.25, 0.3) is 0 Å². The maximum absolute atomic E-state index is 13.6. The monoisotopic (exact) mass is 473 g/mol. The fraction of sp³-hybridized carbons (Fsp3) is 0.571. The van der Waals surface area contributed by atoms with Gasteiger partial charge in [-0.05, 0) is 72.5 Å². The summed E-state index contributed by atoms with van der Waals surface area (Å²) in [6.45, 7) is 12.6. The van der Waals surface area contributed by atoms with E-state index >= 15 is 0 Å². The number of nitrogens with one attached hydrogen (secondary N) is 2. The van der Waals surface area contributed by atoms with Crippen molar-refractivity contribution in [3.05, 3.63) is 64.7 Å². The topological polar surface area (TPSA) is 47.5 Å². The molecule has 2 atom stereocenters. The molecule has 0 radical (unpaired) electrons. The van der Waals surface area contributed by atoms with Crippen molar-refractivity contribution in [2.45, 2.75) is 72.1 Å². The van der Waals surface area contributed by atoms with E-state index in [4.69, 9.17) is 0 Å². The first-order chi connectivity index (χ1) is 16.1. The van der Waals surface area contributed by atoms with Gasteiger partial charge >= 0.3 is 0 Å². The van der Waals surface area contributed by atoms with Crippen LogP contribution in [-0.4, -0.2) is 43.4 Å². The Morgan fingerprint density at radius 3 is 2.29 bits per heavy atom. The van der Waals surface area contributed by atoms with Gasteiger partial charge in [0.1, 0.15) is 11.6 Å². The molecule has 0 saturated carbocycles. The maximum Gasteiger partial charge on any atom is 0.126 e. The largest absolute Gasteiger partial charge is 0.390 e. The Labute approximate surface area is 203 Å². The normalized spacial score (nSPS) is 16.1. The van der Waals surface area contributed by atoms with Gasteiger partial charge in [0.05, 0.1) is 6.10 Å². The van der Waals surface area contributed by atoms with E-state index in [1.54, 1.807) is 0 Å². The molecule has 6 heteroatoms. The molecule has 0 bridgehead atoms. The first-order valence-corrected chi connectivity index (χ1v) is 12.6. The first-order valence-electron chi connectivity index (χ1n) is 12.6. The van der Waals surface area contributed by atoms with E-state index in [0.29, 0.717) is 31.6 Å². The summed E-state index contributed by atoms with van der Waals surface area (Å²) in [6.07, 6.45) is 3.11. The number of aliphatic hydroxyl groups excluding tert-OH is 1. The predicted octanol–water partition coefficient (Wildman–Crippen LogP) is 4.82. The van der Waals surface area contributed by atoms with Gasteiger partial charge in [-0.1, -0.05) is 39.8 Å². The van der Waals surface area contributed by atoms with Crippen LogP contribution in [0.1, 0.15) is 57.2 Å². The van der Waals surface area contributed by atoms with Crippen molar-refractivity contribution in [2.24, 2.45) is 5.41 Å². The molecule has 1 aliphatic heterocycles. The molecule has 1 heterocycles. The standard InChI is InChI=1S/C28H41F2N3O/c1-5-32-25(15-21-13-23(29)16-24(30)14-21)27(34)19-31-18-22-12-20(17-28(2,3)4)8-9-26(22)33-10-6-7-11-33/h8-9,12-14,16,25,27,31-32,34H,5-7,10-11,15,17-19H2,1-4H3/t25-,27+/m0/s1. The number of hydrogen-bond acceptors (Lipinski definition) is 4. The van der Waals surface area contributed by atoms with Gasteiger partial charge in [0.2, 0.25) is 0 Å². The van der Waals surface area contributed by atoms with E-state index < -0.39 is 17.7 Å². The van der Waals surface area contributed by atoms with Crippen LogP contribution in [0, 0.1) is 17.0 Å². The highest BCUT2D eigenvalue weighted by Crippen LogP contribution is 2.28. The Bertz CT molecular complexity index is 902. The lowest BCUT2D eigenvalue weighted by Crippen LogP contribution is -2.46. The number of nitrogens with zero attached hydrogens (tertiary/aromatic N) is 1. The van der Waals surface area contributed by atoms with Gasteiger partial charge < -0.3 is 20.6 Å². The number of hydrogen-bond donors (Lipinski definition) is 3. The summed E-state index contributed by atoms with van der Waals surface area (Å²) in [5.74, 6) is -1.19. The molecule has 4 nitrogen and oxygen atoms in total. The van der Waals surface area contributed by atoms with E-state index in [1.165, 1.54) is 41.8 Å². The molecule has 1 saturated heterocycles. The summed E-state index contributed by atoms with van der Waals surface area (Å²) in [4.78, 5) is 2.45. The third-order valence-electron chi connectivity index (χ3n) is 6.30. The molecule has 1 fully saturated rings. The second-order valence-electron chi connectivity index (χ2n) is 10.7. The lowest BCUT2D eigenvalue weighted by atomic mass is 9.87. The molecule has 2 aromatic carbocycles. The lowest BCUT2D eigenvalue weighted by molar-refractivity contribution is 0.125. The van der Waals surface area contributed by atoms with E-state index in [1.807, 2.05) is 6.92 Å². The molecular weight excluding hydrogens is 432 g/mol. The van der Waals surface area contributed by atoms with Crippen LogP contribution in [0.5, 0.6) is 0 Å². The van der Waals surface area contributed by atoms with Gasteiger partial charge in [-0.3, -0.25) is 0 Å². The Balaban J connectivity index is 1.66. The zero-order chi connectivity index (χ0) is 24.7. The van der Waals surface area contributed by atoms with E-state index in [0.717, 1.165) is 25.6 Å². The third kappa shape index (κ3) is 8.03. The van der Waals surface area contributed by atoms with Crippen molar-refractivity contribution in [2.75, 3.05) is 31.1 Å². The van der Waals surface area contributed by atoms with Crippen molar-refractivity contribution in [1.82, 2.24) is 10.6 Å². The highest BCUT2D eigenvalue weighted by Gasteiger charge is 2.21. The summed E-state index contributed by atoms with van der Waals surface area (Å²) >= 11 is 0. The molecule has 0 aliphatic carbocycles. The Morgan fingerprint density at radius 2 is 1.68 bits per heavy atom. The van der Waals surface area contributed by atoms with Crippen molar-refractivity contribution >= 4 is 5.69 Å². The highest BCUT2D eigenvalue weighted by atomic mass is 19.1. The van der Waals surface area contributed by atoms with E-state index in [-0.39, 0.29) is 11.5 Å². The molecule has 3 rings (SSSR count). The summed E-state index contributed by atoms with van der Waals surface area (Å²) in [5.41, 5.74) is 4.60. The summed E-state index contributed by atoms with van der Waals surface area (Å²) in [5, 5.41) is 17.6. The molecule has 1 aliphatic rings. The minimum absolute atomic E-state index is 0.214. The summed E-state index contributed by atoms with van der Waals surface area (Å²) in [7, 11) is 0. The fourth-order valence-corrected chi connectivity index (χ4v) is 4.86. The number of rotatable bonds is 11. The average molecular weight is 474 g/mol. The minimum Gasteiger partial charge on any atom is -0.390 e. The highest BCUT2D eigenvalue weighted by molar-refractivity contribution is 5.56. The number of likely N-dealkylation sites (N-methyl/N-ethyl adjacent to an activating group) is 1. The zero-order valence-corrected chi connectivity index (χ0v) is 21.1. The first kappa shape index (κ1) is 26.6. The minimum atomic E-state index is -0.695. The predicted molar refractivity (Wildman–Crippen MR) is 136 cm³/mol. The van der Waals surface area contributed by atoms with Crippen LogP contribution < -0.4 is 15.5 Å². The quantitative estimate of drug-likeness (QED) is 0.438. The molecule has 2 aromatic rings. The van der Waals surface area contributed by atoms with Crippen molar-refractivity contribution in [3.8, 4) is 0 Å². The van der Waals surface area contributed by atoms with Gasteiger partial charge in [0.15, 0.2) is 0 Å². The van der Waals surface area contributed by atoms with Crippen LogP contribution >= 0.6 is 0 Å². The summed E-state index contributed by atoms with van der Waals surface area (Å²) < 4.78 is 27.2. The zero-order valence-electron chi connectivity index (χ0n) is 21.1. The molecular formula is C28H41F2N3O. The second kappa shape index (κ2) is 12.1. The summed E-state index contributed by atoms with van der Waals surface area (Å²) in [6, 6.07) is 10.0. The molecule has 0 aromatic heterocycles. The smallest absolute Gasteiger partial charge is 0.126 e. The molecule has 0 spiro atoms. The Morgan fingerprint density at radius 1 is 1.00 bits per heavy atom. The fourth-order valence-electron chi connectivity index (χ4n) is 4.86. The number of halogens is 2. The molecule has 0 amide bonds. The maximum atomic E-state index is 13.6. The van der Waals surface area contributed by atoms with Gasteiger partial charge in [-0.15, -0.1) is 0 Å². The van der Waals surface area contributed by atoms with Crippen molar-refractivity contribution < 1.29 is 13.9 Å². The number of benzene rings is 2. The van der Waals surface area contributed by atoms with Crippen molar-refractivity contribution in [3.63, 3.8) is 0 Å². The third-order valence-corrected chi connectivity index (χ3v) is 6.30. The van der Waals surface area contributed by atoms with Crippen LogP contribution in [-0.2, 0) is 19.4 Å². The van der Waals surface area contributed by atoms with E-state index in [9.17, 15) is 13.9 Å². The molecule has 0 unspecified atom stereocenters. The van der Waals surface area contributed by atoms with Crippen molar-refractivity contribution in [1.29, 1.82) is 0 Å². The average Bonchev–Trinajstić information content (AvgIpc) is 3.26. The Kier molecular flexibility index (Phi) is 9.46. The van der Waals surface area contributed by atoms with Crippen LogP contribution in [0.2, 0.25) is 0 Å². The van der Waals surface area contributed by atoms with Crippen LogP contribution in [0.25, 0.3) is 0 Å². The molecule has 3 N–H and O–H groups in total. The Hall–Kier alpha value is -2.02. The number of aliphatic hydroxyl groups is 1. The van der Waals surface area contributed by atoms with Crippen LogP contribution in [0.15, 0.2) is 36.4 Å². The number of anilines is 1. The van der Waals surface area contributed by atoms with E-state index in [2.05, 4.69) is 54.5 Å². The molecule has 34 heavy (non-hydrogen) atoms.